The molecule has 2 aromatic heterocycles. The van der Waals surface area contributed by atoms with Crippen LogP contribution in [0, 0.1) is 5.92 Å². The molecule has 3 aliphatic rings. The van der Waals surface area contributed by atoms with Gasteiger partial charge >= 0.3 is 6.03 Å². The number of ether oxygens (including phenoxy) is 2. The predicted octanol–water partition coefficient (Wildman–Crippen LogP) is 4.88. The number of amides is 4. The van der Waals surface area contributed by atoms with Crippen LogP contribution in [0.3, 0.4) is 0 Å². The lowest BCUT2D eigenvalue weighted by Gasteiger charge is -2.26. The normalized spacial score (nSPS) is 24.2. The summed E-state index contributed by atoms with van der Waals surface area (Å²) in [5.41, 5.74) is 0.780. The number of fused-ring (bicyclic) bond motifs is 2. The van der Waals surface area contributed by atoms with Crippen molar-refractivity contribution < 1.29 is 32.3 Å². The number of carbonyl (C=O) groups is 3. The first-order valence-electron chi connectivity index (χ1n) is 17.4. The van der Waals surface area contributed by atoms with Crippen LogP contribution in [-0.4, -0.2) is 84.8 Å². The van der Waals surface area contributed by atoms with Crippen LogP contribution in [0.4, 0.5) is 4.79 Å². The summed E-state index contributed by atoms with van der Waals surface area (Å²) < 4.78 is 39.1. The number of sulfonamides is 1. The molecule has 3 N–H and O–H groups in total. The summed E-state index contributed by atoms with van der Waals surface area (Å²) in [6.07, 6.45) is 7.37. The molecule has 274 valence electrons. The molecule has 13 nitrogen and oxygen atoms in total. The fourth-order valence-corrected chi connectivity index (χ4v) is 8.31. The van der Waals surface area contributed by atoms with E-state index in [0.29, 0.717) is 42.1 Å². The summed E-state index contributed by atoms with van der Waals surface area (Å²) in [6.45, 7) is 6.28. The quantitative estimate of drug-likeness (QED) is 0.246. The van der Waals surface area contributed by atoms with Gasteiger partial charge in [-0.2, -0.15) is 0 Å². The van der Waals surface area contributed by atoms with Crippen LogP contribution in [0.1, 0.15) is 77.3 Å². The first-order chi connectivity index (χ1) is 24.2. The lowest BCUT2D eigenvalue weighted by Crippen LogP contribution is -2.58. The number of allylic oxidation sites excluding steroid dienone is 1. The third kappa shape index (κ3) is 7.83. The fraction of sp³-hybridized carbons (Fsp3) is 0.528. The molecule has 2 aliphatic carbocycles. The van der Waals surface area contributed by atoms with E-state index in [9.17, 15) is 22.8 Å². The number of pyridine rings is 1. The van der Waals surface area contributed by atoms with Crippen LogP contribution in [0.5, 0.6) is 11.5 Å². The molecule has 4 amide bonds. The summed E-state index contributed by atoms with van der Waals surface area (Å²) in [4.78, 5) is 52.0. The Labute approximate surface area is 302 Å². The largest absolute Gasteiger partial charge is 0.497 e. The van der Waals surface area contributed by atoms with Gasteiger partial charge in [0, 0.05) is 48.8 Å². The van der Waals surface area contributed by atoms with Crippen molar-refractivity contribution in [2.75, 3.05) is 27.3 Å². The summed E-state index contributed by atoms with van der Waals surface area (Å²) in [5, 5.41) is 9.16. The van der Waals surface area contributed by atoms with Gasteiger partial charge in [-0.05, 0) is 63.5 Å². The molecule has 0 saturated heterocycles. The molecule has 3 heterocycles. The third-order valence-electron chi connectivity index (χ3n) is 10.0. The van der Waals surface area contributed by atoms with Gasteiger partial charge in [-0.15, -0.1) is 11.3 Å². The third-order valence-corrected chi connectivity index (χ3v) is 13.1. The Morgan fingerprint density at radius 2 is 1.96 bits per heavy atom. The highest BCUT2D eigenvalue weighted by Crippen LogP contribution is 2.47. The number of rotatable bonds is 10. The number of carbonyl (C=O) groups excluding carboxylic acids is 3. The Kier molecular flexibility index (Phi) is 10.3. The average Bonchev–Trinajstić information content (AvgIpc) is 3.96. The minimum absolute atomic E-state index is 0.0248. The smallest absolute Gasteiger partial charge is 0.317 e. The Morgan fingerprint density at radius 3 is 2.67 bits per heavy atom. The summed E-state index contributed by atoms with van der Waals surface area (Å²) in [6, 6.07) is 5.78. The number of thiazole rings is 1. The summed E-state index contributed by atoms with van der Waals surface area (Å²) in [7, 11) is -0.686. The zero-order valence-corrected chi connectivity index (χ0v) is 31.3. The number of hydrogen-bond acceptors (Lipinski definition) is 10. The Morgan fingerprint density at radius 1 is 1.18 bits per heavy atom. The van der Waals surface area contributed by atoms with Crippen LogP contribution in [-0.2, 0) is 19.6 Å². The number of nitrogens with one attached hydrogen (secondary N) is 3. The van der Waals surface area contributed by atoms with E-state index in [2.05, 4.69) is 29.2 Å². The fourth-order valence-electron chi connectivity index (χ4n) is 6.06. The van der Waals surface area contributed by atoms with E-state index < -0.39 is 44.2 Å². The second-order valence-electron chi connectivity index (χ2n) is 14.3. The van der Waals surface area contributed by atoms with Gasteiger partial charge < -0.3 is 25.0 Å². The van der Waals surface area contributed by atoms with Crippen LogP contribution in [0.2, 0.25) is 0 Å². The van der Waals surface area contributed by atoms with Crippen LogP contribution in [0.25, 0.3) is 21.6 Å². The maximum absolute atomic E-state index is 14.0. The number of methoxy groups -OCH3 is 1. The molecule has 6 rings (SSSR count). The minimum atomic E-state index is -3.94. The standard InChI is InChI=1S/C36H46N6O7S2/c1-22(2)29-21-50-32(38-29)28-19-30(25-12-11-24(48-5)18-27(25)37-28)49-17-13-26-31(43)40-36(33(44)41-51(46,47)35(3)14-15-35)20-23(36)10-8-6-7-9-16-42(4)34(45)39-26/h8,10-12,18-19,21-23,26H,6-7,9,13-17,20H2,1-5H3,(H,39,45)(H,40,43)(H,41,44)/b10-8-/t23-,26+,36-/m1/s1. The molecule has 2 saturated carbocycles. The van der Waals surface area contributed by atoms with E-state index >= 15 is 0 Å². The second kappa shape index (κ2) is 14.4. The second-order valence-corrected chi connectivity index (χ2v) is 17.3. The van der Waals surface area contributed by atoms with Crippen LogP contribution in [0.15, 0.2) is 41.8 Å². The zero-order valence-electron chi connectivity index (χ0n) is 29.7. The maximum atomic E-state index is 14.0. The summed E-state index contributed by atoms with van der Waals surface area (Å²) in [5.74, 6) is -0.350. The lowest BCUT2D eigenvalue weighted by atomic mass is 10.1. The molecule has 3 atom stereocenters. The van der Waals surface area contributed by atoms with Crippen molar-refractivity contribution in [2.24, 2.45) is 5.92 Å². The minimum Gasteiger partial charge on any atom is -0.497 e. The summed E-state index contributed by atoms with van der Waals surface area (Å²) >= 11 is 1.49. The SMILES string of the molecule is COc1ccc2c(OCC[C@@H]3NC(=O)N(C)CCCC/C=C\[C@@H]4C[C@@]4(C(=O)NS(=O)(=O)C4(C)CC4)NC3=O)cc(-c3nc(C(C)C)cs3)nc2c1. The van der Waals surface area contributed by atoms with Crippen molar-refractivity contribution >= 4 is 50.1 Å². The van der Waals surface area contributed by atoms with Crippen molar-refractivity contribution in [3.63, 3.8) is 0 Å². The van der Waals surface area contributed by atoms with E-state index in [1.807, 2.05) is 41.8 Å². The van der Waals surface area contributed by atoms with Gasteiger partial charge in [0.25, 0.3) is 5.91 Å². The molecule has 0 bridgehead atoms. The number of benzene rings is 1. The first kappa shape index (κ1) is 36.5. The molecule has 0 unspecified atom stereocenters. The highest BCUT2D eigenvalue weighted by atomic mass is 32.2. The molecule has 0 radical (unpaired) electrons. The van der Waals surface area contributed by atoms with Gasteiger partial charge in [0.1, 0.15) is 33.8 Å². The molecule has 3 aromatic rings. The first-order valence-corrected chi connectivity index (χ1v) is 19.8. The maximum Gasteiger partial charge on any atom is 0.317 e. The van der Waals surface area contributed by atoms with Crippen molar-refractivity contribution in [2.45, 2.75) is 88.0 Å². The van der Waals surface area contributed by atoms with Gasteiger partial charge in [-0.1, -0.05) is 26.0 Å². The number of hydrogen-bond donors (Lipinski definition) is 3. The molecule has 0 spiro atoms. The predicted molar refractivity (Wildman–Crippen MR) is 195 cm³/mol. The van der Waals surface area contributed by atoms with E-state index in [-0.39, 0.29) is 31.3 Å². The van der Waals surface area contributed by atoms with Crippen molar-refractivity contribution in [3.8, 4) is 22.2 Å². The average molecular weight is 739 g/mol. The van der Waals surface area contributed by atoms with E-state index in [1.54, 1.807) is 21.1 Å². The van der Waals surface area contributed by atoms with E-state index in [4.69, 9.17) is 19.4 Å². The molecule has 15 heteroatoms. The monoisotopic (exact) mass is 738 g/mol. The Balaban J connectivity index is 1.25. The molecular formula is C36H46N6O7S2. The van der Waals surface area contributed by atoms with Crippen LogP contribution < -0.4 is 24.8 Å². The van der Waals surface area contributed by atoms with E-state index in [1.165, 1.54) is 16.2 Å². The van der Waals surface area contributed by atoms with E-state index in [0.717, 1.165) is 35.4 Å². The molecule has 51 heavy (non-hydrogen) atoms. The van der Waals surface area contributed by atoms with Crippen molar-refractivity contribution in [1.82, 2.24) is 30.2 Å². The van der Waals surface area contributed by atoms with Gasteiger partial charge in [0.15, 0.2) is 0 Å². The highest BCUT2D eigenvalue weighted by molar-refractivity contribution is 7.91. The number of urea groups is 1. The topological polar surface area (TPSA) is 169 Å². The number of nitrogens with zero attached hydrogens (tertiary/aromatic N) is 3. The Bertz CT molecular complexity index is 1960. The molecule has 2 fully saturated rings. The van der Waals surface area contributed by atoms with Gasteiger partial charge in [0.2, 0.25) is 15.9 Å². The molecule has 1 aromatic carbocycles. The van der Waals surface area contributed by atoms with Gasteiger partial charge in [0.05, 0.1) is 29.7 Å². The molecular weight excluding hydrogens is 693 g/mol. The zero-order chi connectivity index (χ0) is 36.6. The number of aromatic nitrogens is 2. The van der Waals surface area contributed by atoms with Crippen molar-refractivity contribution in [1.29, 1.82) is 0 Å². The Hall–Kier alpha value is -4.24. The lowest BCUT2D eigenvalue weighted by molar-refractivity contribution is -0.130. The highest BCUT2D eigenvalue weighted by Gasteiger charge is 2.62. The van der Waals surface area contributed by atoms with Gasteiger partial charge in [-0.3, -0.25) is 14.3 Å². The van der Waals surface area contributed by atoms with Crippen LogP contribution >= 0.6 is 11.3 Å². The van der Waals surface area contributed by atoms with Gasteiger partial charge in [-0.25, -0.2) is 23.2 Å². The molecule has 1 aliphatic heterocycles. The van der Waals surface area contributed by atoms with Crippen molar-refractivity contribution in [3.05, 3.63) is 47.5 Å².